The van der Waals surface area contributed by atoms with E-state index in [1.165, 1.54) is 0 Å². The van der Waals surface area contributed by atoms with Crippen molar-refractivity contribution < 1.29 is 5.11 Å². The largest absolute Gasteiger partial charge is 0.376 e. The van der Waals surface area contributed by atoms with Gasteiger partial charge in [-0.05, 0) is 27.8 Å². The minimum atomic E-state index is -1.13. The highest BCUT2D eigenvalue weighted by atomic mass is 16.3. The zero-order valence-electron chi connectivity index (χ0n) is 14.3. The molecule has 0 radical (unpaired) electrons. The molecule has 0 fully saturated rings. The van der Waals surface area contributed by atoms with Crippen molar-refractivity contribution in [1.29, 1.82) is 0 Å². The average molecular weight is 334 g/mol. The van der Waals surface area contributed by atoms with Crippen LogP contribution in [0.3, 0.4) is 0 Å². The van der Waals surface area contributed by atoms with Gasteiger partial charge in [-0.25, -0.2) is 0 Å². The first kappa shape index (κ1) is 15.1. The van der Waals surface area contributed by atoms with Crippen LogP contribution in [0.5, 0.6) is 0 Å². The van der Waals surface area contributed by atoms with Gasteiger partial charge >= 0.3 is 0 Å². The fourth-order valence-electron chi connectivity index (χ4n) is 4.15. The highest BCUT2D eigenvalue weighted by Gasteiger charge is 2.43. The van der Waals surface area contributed by atoms with Gasteiger partial charge in [0.15, 0.2) is 0 Å². The molecule has 26 heavy (non-hydrogen) atoms. The summed E-state index contributed by atoms with van der Waals surface area (Å²) in [6, 6.07) is 34.8. The maximum Gasteiger partial charge on any atom is 0.141 e. The van der Waals surface area contributed by atoms with Crippen molar-refractivity contribution >= 4 is 0 Å². The molecule has 5 rings (SSSR count). The molecule has 0 aliphatic heterocycles. The highest BCUT2D eigenvalue weighted by Crippen LogP contribution is 2.53. The lowest BCUT2D eigenvalue weighted by Crippen LogP contribution is -2.26. The molecule has 1 atom stereocenters. The Kier molecular flexibility index (Phi) is 3.31. The number of aliphatic hydroxyl groups is 1. The molecule has 0 saturated carbocycles. The first-order valence-corrected chi connectivity index (χ1v) is 8.87. The van der Waals surface area contributed by atoms with Crippen molar-refractivity contribution in [1.82, 2.24) is 0 Å². The van der Waals surface area contributed by atoms with Crippen molar-refractivity contribution in [2.75, 3.05) is 0 Å². The molecule has 124 valence electrons. The summed E-state index contributed by atoms with van der Waals surface area (Å²) in [6.07, 6.45) is 0. The van der Waals surface area contributed by atoms with Crippen molar-refractivity contribution in [3.8, 4) is 22.3 Å². The van der Waals surface area contributed by atoms with Gasteiger partial charge in [-0.2, -0.15) is 0 Å². The fourth-order valence-corrected chi connectivity index (χ4v) is 4.15. The van der Waals surface area contributed by atoms with Crippen LogP contribution in [-0.2, 0) is 5.60 Å². The van der Waals surface area contributed by atoms with Crippen molar-refractivity contribution in [2.45, 2.75) is 5.60 Å². The topological polar surface area (TPSA) is 20.2 Å². The predicted octanol–water partition coefficient (Wildman–Crippen LogP) is 5.62. The van der Waals surface area contributed by atoms with Crippen LogP contribution in [0.15, 0.2) is 103 Å². The number of benzene rings is 4. The molecule has 0 aromatic heterocycles. The van der Waals surface area contributed by atoms with E-state index in [0.29, 0.717) is 0 Å². The molecule has 1 nitrogen and oxygen atoms in total. The second kappa shape index (κ2) is 5.69. The summed E-state index contributed by atoms with van der Waals surface area (Å²) >= 11 is 0. The minimum Gasteiger partial charge on any atom is -0.376 e. The van der Waals surface area contributed by atoms with E-state index in [1.807, 2.05) is 60.7 Å². The fraction of sp³-hybridized carbons (Fsp3) is 0.0400. The van der Waals surface area contributed by atoms with E-state index in [4.69, 9.17) is 0 Å². The molecule has 1 heteroatoms. The second-order valence-electron chi connectivity index (χ2n) is 6.72. The maximum absolute atomic E-state index is 11.9. The van der Waals surface area contributed by atoms with Crippen LogP contribution >= 0.6 is 0 Å². The predicted molar refractivity (Wildman–Crippen MR) is 106 cm³/mol. The average Bonchev–Trinajstić information content (AvgIpc) is 3.00. The summed E-state index contributed by atoms with van der Waals surface area (Å²) in [5.41, 5.74) is 6.22. The van der Waals surface area contributed by atoms with Crippen LogP contribution in [0.1, 0.15) is 16.7 Å². The molecule has 1 aliphatic rings. The van der Waals surface area contributed by atoms with Gasteiger partial charge in [0.1, 0.15) is 5.60 Å². The van der Waals surface area contributed by atoms with Crippen LogP contribution in [-0.4, -0.2) is 5.11 Å². The zero-order chi connectivity index (χ0) is 17.6. The van der Waals surface area contributed by atoms with E-state index in [-0.39, 0.29) is 0 Å². The van der Waals surface area contributed by atoms with E-state index < -0.39 is 5.60 Å². The molecule has 0 amide bonds. The number of hydrogen-bond acceptors (Lipinski definition) is 1. The van der Waals surface area contributed by atoms with Crippen LogP contribution in [0.2, 0.25) is 0 Å². The molecule has 0 bridgehead atoms. The van der Waals surface area contributed by atoms with Crippen molar-refractivity contribution in [3.05, 3.63) is 120 Å². The normalized spacial score (nSPS) is 17.6. The highest BCUT2D eigenvalue weighted by molar-refractivity contribution is 5.93. The van der Waals surface area contributed by atoms with Crippen LogP contribution in [0.25, 0.3) is 22.3 Å². The molecular weight excluding hydrogens is 316 g/mol. The zero-order valence-corrected chi connectivity index (χ0v) is 14.3. The first-order chi connectivity index (χ1) is 12.8. The van der Waals surface area contributed by atoms with Gasteiger partial charge in [-0.3, -0.25) is 0 Å². The Bertz CT molecular complexity index is 1080. The molecule has 1 unspecified atom stereocenters. The van der Waals surface area contributed by atoms with Crippen molar-refractivity contribution in [3.63, 3.8) is 0 Å². The summed E-state index contributed by atoms with van der Waals surface area (Å²) in [6.45, 7) is 0. The van der Waals surface area contributed by atoms with E-state index >= 15 is 0 Å². The van der Waals surface area contributed by atoms with E-state index in [0.717, 1.165) is 38.9 Å². The summed E-state index contributed by atoms with van der Waals surface area (Å²) in [7, 11) is 0. The standard InChI is InChI=1S/C25H18O/c26-25(19-12-5-2-6-13-19)22-16-8-7-14-21(22)24-20(15-9-17-23(24)25)18-10-3-1-4-11-18/h1-17,26H. The Balaban J connectivity index is 1.87. The van der Waals surface area contributed by atoms with Gasteiger partial charge in [0.05, 0.1) is 0 Å². The summed E-state index contributed by atoms with van der Waals surface area (Å²) < 4.78 is 0. The number of fused-ring (bicyclic) bond motifs is 3. The van der Waals surface area contributed by atoms with Gasteiger partial charge in [-0.1, -0.05) is 103 Å². The Morgan fingerprint density at radius 3 is 1.85 bits per heavy atom. The third-order valence-electron chi connectivity index (χ3n) is 5.32. The lowest BCUT2D eigenvalue weighted by atomic mass is 9.84. The molecule has 0 spiro atoms. The quantitative estimate of drug-likeness (QED) is 0.504. The van der Waals surface area contributed by atoms with Crippen LogP contribution in [0.4, 0.5) is 0 Å². The monoisotopic (exact) mass is 334 g/mol. The summed E-state index contributed by atoms with van der Waals surface area (Å²) in [5.74, 6) is 0. The van der Waals surface area contributed by atoms with Crippen molar-refractivity contribution in [2.24, 2.45) is 0 Å². The molecule has 1 aliphatic carbocycles. The Morgan fingerprint density at radius 1 is 0.500 bits per heavy atom. The van der Waals surface area contributed by atoms with Gasteiger partial charge in [0, 0.05) is 11.1 Å². The third-order valence-corrected chi connectivity index (χ3v) is 5.32. The van der Waals surface area contributed by atoms with E-state index in [9.17, 15) is 5.11 Å². The summed E-state index contributed by atoms with van der Waals surface area (Å²) in [5, 5.41) is 11.9. The second-order valence-corrected chi connectivity index (χ2v) is 6.72. The van der Waals surface area contributed by atoms with Gasteiger partial charge in [0.25, 0.3) is 0 Å². The molecule has 1 N–H and O–H groups in total. The lowest BCUT2D eigenvalue weighted by molar-refractivity contribution is 0.131. The Hall–Kier alpha value is -3.16. The summed E-state index contributed by atoms with van der Waals surface area (Å²) in [4.78, 5) is 0. The smallest absolute Gasteiger partial charge is 0.141 e. The minimum absolute atomic E-state index is 0.899. The Morgan fingerprint density at radius 2 is 1.08 bits per heavy atom. The molecule has 4 aromatic rings. The van der Waals surface area contributed by atoms with Crippen LogP contribution < -0.4 is 0 Å². The van der Waals surface area contributed by atoms with Gasteiger partial charge in [-0.15, -0.1) is 0 Å². The van der Waals surface area contributed by atoms with Gasteiger partial charge in [0.2, 0.25) is 0 Å². The molecular formula is C25H18O. The molecule has 0 heterocycles. The maximum atomic E-state index is 11.9. The molecule has 4 aromatic carbocycles. The van der Waals surface area contributed by atoms with E-state index in [2.05, 4.69) is 42.5 Å². The van der Waals surface area contributed by atoms with Crippen LogP contribution in [0, 0.1) is 0 Å². The molecule has 0 saturated heterocycles. The van der Waals surface area contributed by atoms with Gasteiger partial charge < -0.3 is 5.11 Å². The number of hydrogen-bond donors (Lipinski definition) is 1. The SMILES string of the molecule is OC1(c2ccccc2)c2ccccc2-c2c(-c3ccccc3)cccc21. The lowest BCUT2D eigenvalue weighted by Gasteiger charge is -2.26. The first-order valence-electron chi connectivity index (χ1n) is 8.87. The number of rotatable bonds is 2. The Labute approximate surface area is 153 Å². The third kappa shape index (κ3) is 2.01. The van der Waals surface area contributed by atoms with E-state index in [1.54, 1.807) is 0 Å².